The SMILES string of the molecule is O=C(/C=C/c1ccc([N+](=O)[O-])cc1)c1ccc(N2CCOCC2)c(F)c1. The van der Waals surface area contributed by atoms with Gasteiger partial charge in [0, 0.05) is 30.8 Å². The molecule has 1 heterocycles. The molecule has 0 spiro atoms. The van der Waals surface area contributed by atoms with Gasteiger partial charge in [-0.05, 0) is 42.0 Å². The molecular weight excluding hydrogens is 339 g/mol. The Balaban J connectivity index is 1.71. The zero-order valence-corrected chi connectivity index (χ0v) is 13.9. The fourth-order valence-corrected chi connectivity index (χ4v) is 2.70. The molecule has 0 unspecified atom stereocenters. The molecule has 1 aliphatic rings. The molecular formula is C19H17FN2O4. The summed E-state index contributed by atoms with van der Waals surface area (Å²) in [5, 5.41) is 10.6. The molecule has 0 radical (unpaired) electrons. The van der Waals surface area contributed by atoms with Crippen molar-refractivity contribution in [2.45, 2.75) is 0 Å². The van der Waals surface area contributed by atoms with Crippen molar-refractivity contribution in [2.24, 2.45) is 0 Å². The highest BCUT2D eigenvalue weighted by Crippen LogP contribution is 2.22. The number of benzene rings is 2. The van der Waals surface area contributed by atoms with Crippen molar-refractivity contribution >= 4 is 23.2 Å². The van der Waals surface area contributed by atoms with Crippen molar-refractivity contribution in [2.75, 3.05) is 31.2 Å². The Morgan fingerprint density at radius 2 is 1.85 bits per heavy atom. The van der Waals surface area contributed by atoms with Gasteiger partial charge in [0.05, 0.1) is 23.8 Å². The van der Waals surface area contributed by atoms with Gasteiger partial charge in [-0.25, -0.2) is 4.39 Å². The van der Waals surface area contributed by atoms with Crippen LogP contribution in [0.15, 0.2) is 48.5 Å². The van der Waals surface area contributed by atoms with E-state index in [9.17, 15) is 19.3 Å². The molecule has 0 N–H and O–H groups in total. The Morgan fingerprint density at radius 1 is 1.15 bits per heavy atom. The van der Waals surface area contributed by atoms with Crippen LogP contribution < -0.4 is 4.90 Å². The Hall–Kier alpha value is -3.06. The van der Waals surface area contributed by atoms with Gasteiger partial charge in [0.2, 0.25) is 0 Å². The summed E-state index contributed by atoms with van der Waals surface area (Å²) in [7, 11) is 0. The predicted octanol–water partition coefficient (Wildman–Crippen LogP) is 3.47. The van der Waals surface area contributed by atoms with E-state index in [2.05, 4.69) is 0 Å². The molecule has 1 fully saturated rings. The molecule has 0 aromatic heterocycles. The maximum absolute atomic E-state index is 14.4. The highest BCUT2D eigenvalue weighted by atomic mass is 19.1. The molecule has 6 nitrogen and oxygen atoms in total. The number of hydrogen-bond acceptors (Lipinski definition) is 5. The number of ether oxygens (including phenoxy) is 1. The lowest BCUT2D eigenvalue weighted by molar-refractivity contribution is -0.384. The lowest BCUT2D eigenvalue weighted by Gasteiger charge is -2.29. The molecule has 0 atom stereocenters. The van der Waals surface area contributed by atoms with Crippen LogP contribution in [-0.2, 0) is 4.74 Å². The second-order valence-electron chi connectivity index (χ2n) is 5.81. The van der Waals surface area contributed by atoms with Crippen LogP contribution in [0.3, 0.4) is 0 Å². The van der Waals surface area contributed by atoms with Gasteiger partial charge < -0.3 is 9.64 Å². The van der Waals surface area contributed by atoms with Gasteiger partial charge in [-0.2, -0.15) is 0 Å². The van der Waals surface area contributed by atoms with Crippen LogP contribution in [0, 0.1) is 15.9 Å². The summed E-state index contributed by atoms with van der Waals surface area (Å²) < 4.78 is 19.6. The van der Waals surface area contributed by atoms with Gasteiger partial charge in [0.1, 0.15) is 5.82 Å². The number of hydrogen-bond donors (Lipinski definition) is 0. The summed E-state index contributed by atoms with van der Waals surface area (Å²) in [5.74, 6) is -0.780. The Labute approximate surface area is 149 Å². The lowest BCUT2D eigenvalue weighted by atomic mass is 10.1. The molecule has 2 aromatic rings. The van der Waals surface area contributed by atoms with Gasteiger partial charge in [0.25, 0.3) is 5.69 Å². The molecule has 0 amide bonds. The number of carbonyl (C=O) groups is 1. The number of halogens is 1. The molecule has 3 rings (SSSR count). The van der Waals surface area contributed by atoms with E-state index < -0.39 is 10.7 Å². The molecule has 26 heavy (non-hydrogen) atoms. The lowest BCUT2D eigenvalue weighted by Crippen LogP contribution is -2.36. The number of nitro benzene ring substituents is 1. The monoisotopic (exact) mass is 356 g/mol. The summed E-state index contributed by atoms with van der Waals surface area (Å²) in [5.41, 5.74) is 1.34. The third kappa shape index (κ3) is 4.12. The minimum atomic E-state index is -0.489. The third-order valence-corrected chi connectivity index (χ3v) is 4.12. The molecule has 0 aliphatic carbocycles. The van der Waals surface area contributed by atoms with E-state index in [4.69, 9.17) is 4.74 Å². The van der Waals surface area contributed by atoms with E-state index in [0.717, 1.165) is 0 Å². The van der Waals surface area contributed by atoms with E-state index in [0.29, 0.717) is 37.6 Å². The van der Waals surface area contributed by atoms with Gasteiger partial charge in [-0.15, -0.1) is 0 Å². The molecule has 1 saturated heterocycles. The summed E-state index contributed by atoms with van der Waals surface area (Å²) in [6, 6.07) is 10.2. The minimum Gasteiger partial charge on any atom is -0.378 e. The van der Waals surface area contributed by atoms with Crippen LogP contribution in [0.1, 0.15) is 15.9 Å². The first-order valence-corrected chi connectivity index (χ1v) is 8.14. The van der Waals surface area contributed by atoms with Crippen LogP contribution in [0.5, 0.6) is 0 Å². The topological polar surface area (TPSA) is 72.7 Å². The summed E-state index contributed by atoms with van der Waals surface area (Å²) >= 11 is 0. The van der Waals surface area contributed by atoms with Gasteiger partial charge in [-0.1, -0.05) is 6.08 Å². The number of morpholine rings is 1. The normalized spacial score (nSPS) is 14.6. The number of carbonyl (C=O) groups excluding carboxylic acids is 1. The molecule has 134 valence electrons. The van der Waals surface area contributed by atoms with Gasteiger partial charge >= 0.3 is 0 Å². The Bertz CT molecular complexity index is 843. The van der Waals surface area contributed by atoms with Crippen LogP contribution in [-0.4, -0.2) is 37.0 Å². The summed E-state index contributed by atoms with van der Waals surface area (Å²) in [6.07, 6.45) is 2.87. The molecule has 2 aromatic carbocycles. The quantitative estimate of drug-likeness (QED) is 0.355. The van der Waals surface area contributed by atoms with Gasteiger partial charge in [0.15, 0.2) is 5.78 Å². The number of non-ortho nitro benzene ring substituents is 1. The third-order valence-electron chi connectivity index (χ3n) is 4.12. The standard InChI is InChI=1S/C19H17FN2O4/c20-17-13-15(4-7-18(17)21-9-11-26-12-10-21)19(23)8-3-14-1-5-16(6-2-14)22(24)25/h1-8,13H,9-12H2/b8-3+. The summed E-state index contributed by atoms with van der Waals surface area (Å²) in [4.78, 5) is 24.3. The average molecular weight is 356 g/mol. The van der Waals surface area contributed by atoms with Crippen molar-refractivity contribution in [1.29, 1.82) is 0 Å². The van der Waals surface area contributed by atoms with Crippen LogP contribution in [0.25, 0.3) is 6.08 Å². The average Bonchev–Trinajstić information content (AvgIpc) is 2.67. The van der Waals surface area contributed by atoms with Crippen LogP contribution >= 0.6 is 0 Å². The molecule has 0 bridgehead atoms. The van der Waals surface area contributed by atoms with E-state index in [1.165, 1.54) is 24.3 Å². The fourth-order valence-electron chi connectivity index (χ4n) is 2.70. The second-order valence-corrected chi connectivity index (χ2v) is 5.81. The number of allylic oxidation sites excluding steroid dienone is 1. The first-order valence-electron chi connectivity index (χ1n) is 8.14. The van der Waals surface area contributed by atoms with E-state index in [1.54, 1.807) is 30.3 Å². The number of nitrogens with zero attached hydrogens (tertiary/aromatic N) is 2. The maximum atomic E-state index is 14.4. The maximum Gasteiger partial charge on any atom is 0.269 e. The summed E-state index contributed by atoms with van der Waals surface area (Å²) in [6.45, 7) is 2.34. The largest absolute Gasteiger partial charge is 0.378 e. The second kappa shape index (κ2) is 7.88. The van der Waals surface area contributed by atoms with Crippen molar-refractivity contribution in [3.63, 3.8) is 0 Å². The number of anilines is 1. The van der Waals surface area contributed by atoms with Crippen molar-refractivity contribution in [3.8, 4) is 0 Å². The first-order chi connectivity index (χ1) is 12.5. The van der Waals surface area contributed by atoms with E-state index >= 15 is 0 Å². The zero-order chi connectivity index (χ0) is 18.5. The highest BCUT2D eigenvalue weighted by Gasteiger charge is 2.16. The zero-order valence-electron chi connectivity index (χ0n) is 13.9. The first kappa shape index (κ1) is 17.8. The Morgan fingerprint density at radius 3 is 2.46 bits per heavy atom. The molecule has 7 heteroatoms. The Kier molecular flexibility index (Phi) is 5.38. The van der Waals surface area contributed by atoms with Crippen molar-refractivity contribution in [3.05, 3.63) is 75.6 Å². The minimum absolute atomic E-state index is 0.0192. The number of nitro groups is 1. The van der Waals surface area contributed by atoms with Crippen LogP contribution in [0.2, 0.25) is 0 Å². The predicted molar refractivity (Wildman–Crippen MR) is 95.9 cm³/mol. The molecule has 0 saturated carbocycles. The van der Waals surface area contributed by atoms with Crippen molar-refractivity contribution in [1.82, 2.24) is 0 Å². The number of ketones is 1. The number of rotatable bonds is 5. The van der Waals surface area contributed by atoms with E-state index in [-0.39, 0.29) is 17.0 Å². The fraction of sp³-hybridized carbons (Fsp3) is 0.211. The highest BCUT2D eigenvalue weighted by molar-refractivity contribution is 6.07. The van der Waals surface area contributed by atoms with E-state index in [1.807, 2.05) is 4.90 Å². The van der Waals surface area contributed by atoms with Crippen molar-refractivity contribution < 1.29 is 18.8 Å². The van der Waals surface area contributed by atoms with Gasteiger partial charge in [-0.3, -0.25) is 14.9 Å². The smallest absolute Gasteiger partial charge is 0.269 e. The van der Waals surface area contributed by atoms with Crippen LogP contribution in [0.4, 0.5) is 15.8 Å². The molecule has 1 aliphatic heterocycles.